The molecule has 1 heterocycles. The van der Waals surface area contributed by atoms with Crippen molar-refractivity contribution in [3.8, 4) is 5.75 Å². The number of carbonyl (C=O) groups is 1. The van der Waals surface area contributed by atoms with Crippen molar-refractivity contribution >= 4 is 32.9 Å². The molecule has 116 valence electrons. The number of hydrogen-bond donors (Lipinski definition) is 0. The summed E-state index contributed by atoms with van der Waals surface area (Å²) in [6.45, 7) is 0.466. The average molecular weight is 373 g/mol. The molecule has 3 aromatic rings. The number of benzene rings is 2. The third kappa shape index (κ3) is 4.04. The molecule has 0 unspecified atom stereocenters. The Bertz CT molecular complexity index is 821. The maximum absolute atomic E-state index is 12.0. The van der Waals surface area contributed by atoms with Crippen molar-refractivity contribution in [1.29, 1.82) is 0 Å². The first-order chi connectivity index (χ1) is 11.2. The van der Waals surface area contributed by atoms with E-state index in [9.17, 15) is 4.79 Å². The molecule has 0 bridgehead atoms. The van der Waals surface area contributed by atoms with E-state index in [0.29, 0.717) is 17.7 Å². The van der Waals surface area contributed by atoms with Crippen molar-refractivity contribution in [2.75, 3.05) is 13.2 Å². The number of ether oxygens (including phenoxy) is 2. The molecule has 6 heteroatoms. The Morgan fingerprint density at radius 1 is 0.957 bits per heavy atom. The van der Waals surface area contributed by atoms with Crippen molar-refractivity contribution in [1.82, 2.24) is 9.97 Å². The van der Waals surface area contributed by atoms with Gasteiger partial charge in [-0.2, -0.15) is 0 Å². The van der Waals surface area contributed by atoms with Crippen LogP contribution in [0.5, 0.6) is 5.75 Å². The van der Waals surface area contributed by atoms with Gasteiger partial charge in [0.05, 0.1) is 16.6 Å². The van der Waals surface area contributed by atoms with Crippen molar-refractivity contribution in [3.63, 3.8) is 0 Å². The highest BCUT2D eigenvalue weighted by molar-refractivity contribution is 9.10. The number of hydrogen-bond acceptors (Lipinski definition) is 5. The Kier molecular flexibility index (Phi) is 4.83. The Labute approximate surface area is 141 Å². The molecule has 5 nitrogen and oxygen atoms in total. The van der Waals surface area contributed by atoms with Crippen LogP contribution in [0.15, 0.2) is 59.3 Å². The molecule has 23 heavy (non-hydrogen) atoms. The molecule has 3 rings (SSSR count). The number of aromatic nitrogens is 2. The topological polar surface area (TPSA) is 61.3 Å². The Balaban J connectivity index is 1.53. The molecule has 1 aromatic heterocycles. The quantitative estimate of drug-likeness (QED) is 0.505. The van der Waals surface area contributed by atoms with Crippen LogP contribution in [0.2, 0.25) is 0 Å². The molecule has 0 N–H and O–H groups in total. The van der Waals surface area contributed by atoms with Gasteiger partial charge < -0.3 is 9.47 Å². The summed E-state index contributed by atoms with van der Waals surface area (Å²) < 4.78 is 11.7. The number of halogens is 1. The minimum atomic E-state index is -0.406. The molecule has 0 atom stereocenters. The molecule has 0 spiro atoms. The Morgan fingerprint density at radius 2 is 1.70 bits per heavy atom. The van der Waals surface area contributed by atoms with Gasteiger partial charge in [-0.1, -0.05) is 15.9 Å². The second kappa shape index (κ2) is 7.19. The van der Waals surface area contributed by atoms with Crippen LogP contribution in [0.25, 0.3) is 11.0 Å². The molecule has 0 aliphatic carbocycles. The zero-order valence-corrected chi connectivity index (χ0v) is 13.7. The molecular formula is C17H13BrN2O3. The normalized spacial score (nSPS) is 10.5. The second-order valence-electron chi connectivity index (χ2n) is 4.70. The summed E-state index contributed by atoms with van der Waals surface area (Å²) in [5, 5.41) is 0. The van der Waals surface area contributed by atoms with E-state index in [0.717, 1.165) is 15.7 Å². The van der Waals surface area contributed by atoms with Gasteiger partial charge in [0.2, 0.25) is 0 Å². The van der Waals surface area contributed by atoms with Crippen LogP contribution in [0.4, 0.5) is 0 Å². The van der Waals surface area contributed by atoms with Crippen molar-refractivity contribution in [2.24, 2.45) is 0 Å². The summed E-state index contributed by atoms with van der Waals surface area (Å²) in [5.74, 6) is 0.321. The number of carbonyl (C=O) groups excluding carboxylic acids is 1. The molecule has 0 aliphatic rings. The van der Waals surface area contributed by atoms with E-state index in [1.54, 1.807) is 30.6 Å². The summed E-state index contributed by atoms with van der Waals surface area (Å²) in [6.07, 6.45) is 3.20. The first kappa shape index (κ1) is 15.4. The zero-order valence-electron chi connectivity index (χ0n) is 12.1. The molecule has 2 aromatic carbocycles. The standard InChI is InChI=1S/C17H13BrN2O3/c18-13-2-4-14(5-3-13)22-9-10-23-17(21)12-1-6-15-16(11-12)20-8-7-19-15/h1-8,11H,9-10H2. The first-order valence-corrected chi connectivity index (χ1v) is 7.78. The number of rotatable bonds is 5. The Morgan fingerprint density at radius 3 is 2.48 bits per heavy atom. The van der Waals surface area contributed by atoms with E-state index in [2.05, 4.69) is 25.9 Å². The molecule has 0 saturated heterocycles. The third-order valence-corrected chi connectivity index (χ3v) is 3.63. The predicted octanol–water partition coefficient (Wildman–Crippen LogP) is 3.63. The summed E-state index contributed by atoms with van der Waals surface area (Å²) in [7, 11) is 0. The molecule has 0 aliphatic heterocycles. The molecule has 0 amide bonds. The highest BCUT2D eigenvalue weighted by atomic mass is 79.9. The number of fused-ring (bicyclic) bond motifs is 1. The highest BCUT2D eigenvalue weighted by Crippen LogP contribution is 2.16. The molecular weight excluding hydrogens is 360 g/mol. The first-order valence-electron chi connectivity index (χ1n) is 6.99. The van der Waals surface area contributed by atoms with E-state index in [1.165, 1.54) is 0 Å². The van der Waals surface area contributed by atoms with Crippen molar-refractivity contribution < 1.29 is 14.3 Å². The van der Waals surface area contributed by atoms with Crippen LogP contribution < -0.4 is 4.74 Å². The van der Waals surface area contributed by atoms with Gasteiger partial charge in [-0.3, -0.25) is 9.97 Å². The van der Waals surface area contributed by atoms with Crippen LogP contribution in [0, 0.1) is 0 Å². The lowest BCUT2D eigenvalue weighted by molar-refractivity contribution is 0.0450. The van der Waals surface area contributed by atoms with Crippen LogP contribution in [-0.2, 0) is 4.74 Å². The fourth-order valence-electron chi connectivity index (χ4n) is 2.00. The lowest BCUT2D eigenvalue weighted by Crippen LogP contribution is -2.12. The maximum atomic E-state index is 12.0. The minimum Gasteiger partial charge on any atom is -0.490 e. The Hall–Kier alpha value is -2.47. The SMILES string of the molecule is O=C(OCCOc1ccc(Br)cc1)c1ccc2nccnc2c1. The third-order valence-electron chi connectivity index (χ3n) is 3.10. The van der Waals surface area contributed by atoms with E-state index in [-0.39, 0.29) is 6.61 Å². The lowest BCUT2D eigenvalue weighted by Gasteiger charge is -2.08. The highest BCUT2D eigenvalue weighted by Gasteiger charge is 2.08. The van der Waals surface area contributed by atoms with Gasteiger partial charge >= 0.3 is 5.97 Å². The smallest absolute Gasteiger partial charge is 0.338 e. The van der Waals surface area contributed by atoms with Gasteiger partial charge in [-0.05, 0) is 42.5 Å². The summed E-state index contributed by atoms with van der Waals surface area (Å²) in [6, 6.07) is 12.5. The second-order valence-corrected chi connectivity index (χ2v) is 5.61. The van der Waals surface area contributed by atoms with E-state index in [4.69, 9.17) is 9.47 Å². The van der Waals surface area contributed by atoms with Crippen LogP contribution in [0.1, 0.15) is 10.4 Å². The van der Waals surface area contributed by atoms with Crippen LogP contribution >= 0.6 is 15.9 Å². The monoisotopic (exact) mass is 372 g/mol. The van der Waals surface area contributed by atoms with Crippen molar-refractivity contribution in [2.45, 2.75) is 0 Å². The maximum Gasteiger partial charge on any atom is 0.338 e. The van der Waals surface area contributed by atoms with Gasteiger partial charge in [0, 0.05) is 16.9 Å². The molecule has 0 radical (unpaired) electrons. The fourth-order valence-corrected chi connectivity index (χ4v) is 2.26. The number of nitrogens with zero attached hydrogens (tertiary/aromatic N) is 2. The van der Waals surface area contributed by atoms with E-state index < -0.39 is 5.97 Å². The number of esters is 1. The van der Waals surface area contributed by atoms with Gasteiger partial charge in [-0.25, -0.2) is 4.79 Å². The lowest BCUT2D eigenvalue weighted by atomic mass is 10.2. The van der Waals surface area contributed by atoms with Gasteiger partial charge in [0.25, 0.3) is 0 Å². The van der Waals surface area contributed by atoms with E-state index >= 15 is 0 Å². The zero-order chi connectivity index (χ0) is 16.1. The summed E-state index contributed by atoms with van der Waals surface area (Å²) in [4.78, 5) is 20.3. The van der Waals surface area contributed by atoms with Crippen LogP contribution in [0.3, 0.4) is 0 Å². The molecule has 0 saturated carbocycles. The van der Waals surface area contributed by atoms with Gasteiger partial charge in [-0.15, -0.1) is 0 Å². The molecule has 0 fully saturated rings. The minimum absolute atomic E-state index is 0.174. The van der Waals surface area contributed by atoms with E-state index in [1.807, 2.05) is 24.3 Å². The largest absolute Gasteiger partial charge is 0.490 e. The van der Waals surface area contributed by atoms with Gasteiger partial charge in [0.15, 0.2) is 0 Å². The summed E-state index contributed by atoms with van der Waals surface area (Å²) >= 11 is 3.35. The van der Waals surface area contributed by atoms with Crippen molar-refractivity contribution in [3.05, 3.63) is 64.9 Å². The fraction of sp³-hybridized carbons (Fsp3) is 0.118. The summed E-state index contributed by atoms with van der Waals surface area (Å²) in [5.41, 5.74) is 1.84. The average Bonchev–Trinajstić information content (AvgIpc) is 2.59. The van der Waals surface area contributed by atoms with Crippen LogP contribution in [-0.4, -0.2) is 29.2 Å². The van der Waals surface area contributed by atoms with Gasteiger partial charge in [0.1, 0.15) is 19.0 Å². The predicted molar refractivity (Wildman–Crippen MR) is 89.5 cm³/mol.